The van der Waals surface area contributed by atoms with Crippen LogP contribution < -0.4 is 4.90 Å². The number of benzene rings is 1. The van der Waals surface area contributed by atoms with Gasteiger partial charge in [0.05, 0.1) is 13.0 Å². The van der Waals surface area contributed by atoms with Crippen LogP contribution in [0.3, 0.4) is 0 Å². The molecule has 0 bridgehead atoms. The van der Waals surface area contributed by atoms with E-state index in [-0.39, 0.29) is 24.2 Å². The second-order valence-electron chi connectivity index (χ2n) is 5.79. The van der Waals surface area contributed by atoms with E-state index >= 15 is 0 Å². The fraction of sp³-hybridized carbons (Fsp3) is 0.529. The molecule has 1 fully saturated rings. The van der Waals surface area contributed by atoms with Crippen molar-refractivity contribution in [3.63, 3.8) is 0 Å². The predicted octanol–water partition coefficient (Wildman–Crippen LogP) is 2.57. The van der Waals surface area contributed by atoms with E-state index in [1.807, 2.05) is 18.2 Å². The molecule has 0 aromatic heterocycles. The highest BCUT2D eigenvalue weighted by molar-refractivity contribution is 6.00. The molecule has 1 aliphatic heterocycles. The zero-order valence-electron chi connectivity index (χ0n) is 13.7. The zero-order valence-corrected chi connectivity index (χ0v) is 13.7. The SMILES string of the molecule is CCC(C)c1ccccc1N1CC(C(=O)N(C)OC)CC1=O. The van der Waals surface area contributed by atoms with Crippen LogP contribution >= 0.6 is 0 Å². The second-order valence-corrected chi connectivity index (χ2v) is 5.79. The summed E-state index contributed by atoms with van der Waals surface area (Å²) < 4.78 is 0. The van der Waals surface area contributed by atoms with Crippen molar-refractivity contribution in [1.29, 1.82) is 0 Å². The standard InChI is InChI=1S/C17H24N2O3/c1-5-12(2)14-8-6-7-9-15(14)19-11-13(10-16(19)20)17(21)18(3)22-4/h6-9,12-13H,5,10-11H2,1-4H3. The molecule has 2 amide bonds. The summed E-state index contributed by atoms with van der Waals surface area (Å²) in [4.78, 5) is 31.3. The van der Waals surface area contributed by atoms with Crippen LogP contribution in [0.4, 0.5) is 5.69 Å². The van der Waals surface area contributed by atoms with Crippen LogP contribution in [-0.2, 0) is 14.4 Å². The Balaban J connectivity index is 2.24. The summed E-state index contributed by atoms with van der Waals surface area (Å²) in [6.45, 7) is 4.70. The zero-order chi connectivity index (χ0) is 16.3. The molecule has 1 heterocycles. The maximum atomic E-state index is 12.4. The van der Waals surface area contributed by atoms with Gasteiger partial charge in [-0.25, -0.2) is 5.06 Å². The monoisotopic (exact) mass is 304 g/mol. The molecule has 0 saturated carbocycles. The highest BCUT2D eigenvalue weighted by Gasteiger charge is 2.37. The number of carbonyl (C=O) groups excluding carboxylic acids is 2. The molecule has 2 atom stereocenters. The number of anilines is 1. The lowest BCUT2D eigenvalue weighted by atomic mass is 9.96. The third-order valence-electron chi connectivity index (χ3n) is 4.43. The van der Waals surface area contributed by atoms with E-state index in [2.05, 4.69) is 19.9 Å². The molecule has 120 valence electrons. The van der Waals surface area contributed by atoms with Crippen molar-refractivity contribution in [2.24, 2.45) is 5.92 Å². The van der Waals surface area contributed by atoms with E-state index in [9.17, 15) is 9.59 Å². The summed E-state index contributed by atoms with van der Waals surface area (Å²) in [5.74, 6) is -0.124. The number of para-hydroxylation sites is 1. The van der Waals surface area contributed by atoms with Crippen molar-refractivity contribution in [3.8, 4) is 0 Å². The van der Waals surface area contributed by atoms with Crippen LogP contribution in [0.15, 0.2) is 24.3 Å². The first kappa shape index (κ1) is 16.5. The van der Waals surface area contributed by atoms with E-state index in [0.29, 0.717) is 12.5 Å². The lowest BCUT2D eigenvalue weighted by molar-refractivity contribution is -0.172. The molecule has 22 heavy (non-hydrogen) atoms. The van der Waals surface area contributed by atoms with Crippen LogP contribution in [0.5, 0.6) is 0 Å². The number of hydrogen-bond donors (Lipinski definition) is 0. The van der Waals surface area contributed by atoms with Gasteiger partial charge in [-0.1, -0.05) is 32.0 Å². The Morgan fingerprint density at radius 1 is 1.45 bits per heavy atom. The average molecular weight is 304 g/mol. The van der Waals surface area contributed by atoms with Gasteiger partial charge in [0.1, 0.15) is 0 Å². The van der Waals surface area contributed by atoms with E-state index in [1.54, 1.807) is 11.9 Å². The normalized spacial score (nSPS) is 19.4. The van der Waals surface area contributed by atoms with Crippen LogP contribution in [0.25, 0.3) is 0 Å². The largest absolute Gasteiger partial charge is 0.311 e. The summed E-state index contributed by atoms with van der Waals surface area (Å²) in [5.41, 5.74) is 2.09. The van der Waals surface area contributed by atoms with Gasteiger partial charge in [-0.2, -0.15) is 0 Å². The molecule has 0 radical (unpaired) electrons. The van der Waals surface area contributed by atoms with Crippen molar-refractivity contribution < 1.29 is 14.4 Å². The van der Waals surface area contributed by atoms with E-state index in [4.69, 9.17) is 4.84 Å². The molecular formula is C17H24N2O3. The van der Waals surface area contributed by atoms with Crippen LogP contribution in [-0.4, -0.2) is 37.6 Å². The summed E-state index contributed by atoms with van der Waals surface area (Å²) in [6, 6.07) is 7.96. The van der Waals surface area contributed by atoms with Crippen molar-refractivity contribution in [3.05, 3.63) is 29.8 Å². The molecule has 5 heteroatoms. The number of hydroxylamine groups is 2. The Morgan fingerprint density at radius 3 is 2.77 bits per heavy atom. The first-order valence-corrected chi connectivity index (χ1v) is 7.70. The van der Waals surface area contributed by atoms with Crippen molar-refractivity contribution in [2.75, 3.05) is 25.6 Å². The second kappa shape index (κ2) is 6.92. The quantitative estimate of drug-likeness (QED) is 0.786. The van der Waals surface area contributed by atoms with Gasteiger partial charge in [-0.05, 0) is 24.0 Å². The fourth-order valence-corrected chi connectivity index (χ4v) is 2.82. The Kier molecular flexibility index (Phi) is 5.19. The van der Waals surface area contributed by atoms with Gasteiger partial charge >= 0.3 is 0 Å². The highest BCUT2D eigenvalue weighted by atomic mass is 16.7. The van der Waals surface area contributed by atoms with E-state index in [1.165, 1.54) is 12.2 Å². The third-order valence-corrected chi connectivity index (χ3v) is 4.43. The topological polar surface area (TPSA) is 49.9 Å². The van der Waals surface area contributed by atoms with Crippen molar-refractivity contribution in [1.82, 2.24) is 5.06 Å². The fourth-order valence-electron chi connectivity index (χ4n) is 2.82. The van der Waals surface area contributed by atoms with Gasteiger partial charge in [-0.3, -0.25) is 14.4 Å². The number of hydrogen-bond acceptors (Lipinski definition) is 3. The Hall–Kier alpha value is -1.88. The Morgan fingerprint density at radius 2 is 2.14 bits per heavy atom. The van der Waals surface area contributed by atoms with Gasteiger partial charge in [0.15, 0.2) is 0 Å². The van der Waals surface area contributed by atoms with E-state index in [0.717, 1.165) is 17.7 Å². The lowest BCUT2D eigenvalue weighted by Gasteiger charge is -2.23. The molecule has 2 rings (SSSR count). The van der Waals surface area contributed by atoms with Crippen molar-refractivity contribution in [2.45, 2.75) is 32.6 Å². The van der Waals surface area contributed by atoms with Gasteiger partial charge in [0.25, 0.3) is 5.91 Å². The van der Waals surface area contributed by atoms with Crippen molar-refractivity contribution >= 4 is 17.5 Å². The first-order valence-electron chi connectivity index (χ1n) is 7.70. The summed E-state index contributed by atoms with van der Waals surface area (Å²) in [6.07, 6.45) is 1.25. The Labute approximate surface area is 131 Å². The molecule has 1 saturated heterocycles. The molecule has 2 unspecified atom stereocenters. The minimum Gasteiger partial charge on any atom is -0.311 e. The van der Waals surface area contributed by atoms with Crippen LogP contribution in [0.1, 0.15) is 38.2 Å². The summed E-state index contributed by atoms with van der Waals surface area (Å²) in [7, 11) is 3.02. The smallest absolute Gasteiger partial charge is 0.251 e. The van der Waals surface area contributed by atoms with Gasteiger partial charge in [-0.15, -0.1) is 0 Å². The molecule has 1 aromatic rings. The minimum absolute atomic E-state index is 0.00129. The highest BCUT2D eigenvalue weighted by Crippen LogP contribution is 2.33. The van der Waals surface area contributed by atoms with Gasteiger partial charge in [0.2, 0.25) is 5.91 Å². The summed E-state index contributed by atoms with van der Waals surface area (Å²) in [5, 5.41) is 1.20. The Bertz CT molecular complexity index is 559. The maximum Gasteiger partial charge on any atom is 0.251 e. The lowest BCUT2D eigenvalue weighted by Crippen LogP contribution is -2.34. The first-order chi connectivity index (χ1) is 10.5. The molecule has 5 nitrogen and oxygen atoms in total. The minimum atomic E-state index is -0.345. The molecule has 0 spiro atoms. The summed E-state index contributed by atoms with van der Waals surface area (Å²) >= 11 is 0. The molecule has 1 aliphatic rings. The predicted molar refractivity (Wildman–Crippen MR) is 85.4 cm³/mol. The van der Waals surface area contributed by atoms with Crippen LogP contribution in [0.2, 0.25) is 0 Å². The average Bonchev–Trinajstić information content (AvgIpc) is 2.94. The molecule has 1 aromatic carbocycles. The number of carbonyl (C=O) groups is 2. The molecule has 0 N–H and O–H groups in total. The number of nitrogens with zero attached hydrogens (tertiary/aromatic N) is 2. The van der Waals surface area contributed by atoms with Gasteiger partial charge < -0.3 is 4.90 Å². The third kappa shape index (κ3) is 3.14. The molecular weight excluding hydrogens is 280 g/mol. The maximum absolute atomic E-state index is 12.4. The van der Waals surface area contributed by atoms with Gasteiger partial charge in [0, 0.05) is 25.7 Å². The number of rotatable bonds is 5. The molecule has 0 aliphatic carbocycles. The number of amides is 2. The van der Waals surface area contributed by atoms with Crippen LogP contribution in [0, 0.1) is 5.92 Å². The van der Waals surface area contributed by atoms with E-state index < -0.39 is 0 Å².